The number of hydrogen-bond acceptors (Lipinski definition) is 6. The van der Waals surface area contributed by atoms with E-state index in [0.717, 1.165) is 0 Å². The Balaban J connectivity index is 1.84. The molecule has 0 saturated carbocycles. The molecule has 7 heteroatoms. The molecule has 1 heterocycles. The van der Waals surface area contributed by atoms with E-state index < -0.39 is 5.97 Å². The number of rotatable bonds is 7. The van der Waals surface area contributed by atoms with Gasteiger partial charge in [-0.3, -0.25) is 9.78 Å². The van der Waals surface area contributed by atoms with Gasteiger partial charge < -0.3 is 14.8 Å². The Bertz CT molecular complexity index is 824. The second-order valence-electron chi connectivity index (χ2n) is 5.08. The number of carbonyl (C=O) groups excluding carboxylic acids is 2. The molecule has 0 aliphatic carbocycles. The van der Waals surface area contributed by atoms with Gasteiger partial charge in [-0.1, -0.05) is 12.1 Å². The van der Waals surface area contributed by atoms with Gasteiger partial charge in [0.1, 0.15) is 24.0 Å². The van der Waals surface area contributed by atoms with Crippen LogP contribution in [0.4, 0.5) is 0 Å². The molecule has 1 amide bonds. The molecule has 1 aromatic carbocycles. The molecule has 0 aliphatic heterocycles. The van der Waals surface area contributed by atoms with Gasteiger partial charge in [0.05, 0.1) is 19.2 Å². The van der Waals surface area contributed by atoms with E-state index >= 15 is 0 Å². The Hall–Kier alpha value is -3.66. The second kappa shape index (κ2) is 9.59. The molecule has 132 valence electrons. The molecule has 0 aliphatic rings. The fourth-order valence-electron chi connectivity index (χ4n) is 1.99. The number of methoxy groups -OCH3 is 1. The van der Waals surface area contributed by atoms with Gasteiger partial charge in [-0.2, -0.15) is 5.26 Å². The highest BCUT2D eigenvalue weighted by Crippen LogP contribution is 2.14. The summed E-state index contributed by atoms with van der Waals surface area (Å²) in [4.78, 5) is 27.6. The maximum atomic E-state index is 12.0. The Labute approximate surface area is 150 Å². The molecule has 0 atom stereocenters. The molecule has 0 radical (unpaired) electrons. The van der Waals surface area contributed by atoms with Crippen molar-refractivity contribution in [1.29, 1.82) is 5.26 Å². The topological polar surface area (TPSA) is 101 Å². The van der Waals surface area contributed by atoms with Crippen LogP contribution in [0.3, 0.4) is 0 Å². The Morgan fingerprint density at radius 1 is 1.27 bits per heavy atom. The molecule has 7 nitrogen and oxygen atoms in total. The lowest BCUT2D eigenvalue weighted by atomic mass is 10.1. The van der Waals surface area contributed by atoms with Gasteiger partial charge in [0, 0.05) is 12.4 Å². The van der Waals surface area contributed by atoms with E-state index in [1.54, 1.807) is 49.7 Å². The van der Waals surface area contributed by atoms with E-state index in [4.69, 9.17) is 14.7 Å². The van der Waals surface area contributed by atoms with E-state index in [1.165, 1.54) is 12.3 Å². The van der Waals surface area contributed by atoms with Gasteiger partial charge in [0.15, 0.2) is 0 Å². The summed E-state index contributed by atoms with van der Waals surface area (Å²) in [5.74, 6) is -0.394. The zero-order chi connectivity index (χ0) is 18.8. The molecule has 0 unspecified atom stereocenters. The predicted octanol–water partition coefficient (Wildman–Crippen LogP) is 1.97. The third-order valence-corrected chi connectivity index (χ3v) is 3.31. The molecule has 2 aromatic rings. The van der Waals surface area contributed by atoms with Gasteiger partial charge in [-0.25, -0.2) is 4.79 Å². The van der Waals surface area contributed by atoms with Crippen molar-refractivity contribution >= 4 is 18.0 Å². The van der Waals surface area contributed by atoms with Crippen LogP contribution < -0.4 is 10.1 Å². The zero-order valence-corrected chi connectivity index (χ0v) is 14.1. The third-order valence-electron chi connectivity index (χ3n) is 3.31. The summed E-state index contributed by atoms with van der Waals surface area (Å²) in [6.07, 6.45) is 4.43. The first-order valence-electron chi connectivity index (χ1n) is 7.75. The molecule has 0 spiro atoms. The lowest BCUT2D eigenvalue weighted by Gasteiger charge is -2.06. The van der Waals surface area contributed by atoms with E-state index in [2.05, 4.69) is 10.3 Å². The third kappa shape index (κ3) is 5.46. The van der Waals surface area contributed by atoms with Crippen molar-refractivity contribution in [2.45, 2.75) is 0 Å². The standard InChI is InChI=1S/C19H17N3O4/c1-25-17-6-4-14(5-7-17)11-16(12-20)19(24)26-10-9-22-18(23)15-3-2-8-21-13-15/h2-8,11,13H,9-10H2,1H3,(H,22,23). The number of hydrogen-bond donors (Lipinski definition) is 1. The number of benzene rings is 1. The predicted molar refractivity (Wildman–Crippen MR) is 94.1 cm³/mol. The Morgan fingerprint density at radius 2 is 2.04 bits per heavy atom. The van der Waals surface area contributed by atoms with Crippen LogP contribution in [-0.4, -0.2) is 37.1 Å². The van der Waals surface area contributed by atoms with Crippen LogP contribution >= 0.6 is 0 Å². The summed E-state index contributed by atoms with van der Waals surface area (Å²) in [6, 6.07) is 12.0. The summed E-state index contributed by atoms with van der Waals surface area (Å²) in [6.45, 7) is 0.0766. The average molecular weight is 351 g/mol. The quantitative estimate of drug-likeness (QED) is 0.354. The number of nitriles is 1. The summed E-state index contributed by atoms with van der Waals surface area (Å²) >= 11 is 0. The average Bonchev–Trinajstić information content (AvgIpc) is 2.70. The molecule has 0 fully saturated rings. The first-order valence-corrected chi connectivity index (χ1v) is 7.75. The van der Waals surface area contributed by atoms with Crippen molar-refractivity contribution in [2.24, 2.45) is 0 Å². The lowest BCUT2D eigenvalue weighted by Crippen LogP contribution is -2.28. The number of carbonyl (C=O) groups is 2. The minimum absolute atomic E-state index is 0.0491. The number of ether oxygens (including phenoxy) is 2. The number of nitrogens with one attached hydrogen (secondary N) is 1. The van der Waals surface area contributed by atoms with Gasteiger partial charge >= 0.3 is 5.97 Å². The van der Waals surface area contributed by atoms with E-state index in [9.17, 15) is 9.59 Å². The zero-order valence-electron chi connectivity index (χ0n) is 14.1. The minimum Gasteiger partial charge on any atom is -0.497 e. The fourth-order valence-corrected chi connectivity index (χ4v) is 1.99. The highest BCUT2D eigenvalue weighted by molar-refractivity contribution is 5.98. The van der Waals surface area contributed by atoms with Gasteiger partial charge in [-0.15, -0.1) is 0 Å². The van der Waals surface area contributed by atoms with Crippen LogP contribution in [0.15, 0.2) is 54.4 Å². The van der Waals surface area contributed by atoms with E-state index in [1.807, 2.05) is 6.07 Å². The van der Waals surface area contributed by atoms with Crippen molar-refractivity contribution < 1.29 is 19.1 Å². The molecule has 1 N–H and O–H groups in total. The lowest BCUT2D eigenvalue weighted by molar-refractivity contribution is -0.138. The summed E-state index contributed by atoms with van der Waals surface area (Å²) in [7, 11) is 1.55. The SMILES string of the molecule is COc1ccc(C=C(C#N)C(=O)OCCNC(=O)c2cccnc2)cc1. The molecular weight excluding hydrogens is 334 g/mol. The summed E-state index contributed by atoms with van der Waals surface area (Å²) < 4.78 is 10.1. The van der Waals surface area contributed by atoms with Crippen molar-refractivity contribution in [1.82, 2.24) is 10.3 Å². The Kier molecular flexibility index (Phi) is 6.89. The van der Waals surface area contributed by atoms with Crippen LogP contribution in [0.25, 0.3) is 6.08 Å². The molecule has 0 bridgehead atoms. The van der Waals surface area contributed by atoms with Crippen molar-refractivity contribution in [3.05, 3.63) is 65.5 Å². The van der Waals surface area contributed by atoms with Gasteiger partial charge in [0.25, 0.3) is 5.91 Å². The fraction of sp³-hybridized carbons (Fsp3) is 0.158. The van der Waals surface area contributed by atoms with Crippen molar-refractivity contribution in [3.63, 3.8) is 0 Å². The Morgan fingerprint density at radius 3 is 2.65 bits per heavy atom. The van der Waals surface area contributed by atoms with Crippen molar-refractivity contribution in [3.8, 4) is 11.8 Å². The van der Waals surface area contributed by atoms with Crippen LogP contribution in [0.1, 0.15) is 15.9 Å². The largest absolute Gasteiger partial charge is 0.497 e. The molecule has 26 heavy (non-hydrogen) atoms. The number of nitrogens with zero attached hydrogens (tertiary/aromatic N) is 2. The smallest absolute Gasteiger partial charge is 0.348 e. The van der Waals surface area contributed by atoms with Crippen molar-refractivity contribution in [2.75, 3.05) is 20.3 Å². The first kappa shape index (κ1) is 18.7. The minimum atomic E-state index is -0.751. The van der Waals surface area contributed by atoms with Crippen LogP contribution in [0.5, 0.6) is 5.75 Å². The number of esters is 1. The van der Waals surface area contributed by atoms with Crippen LogP contribution in [-0.2, 0) is 9.53 Å². The van der Waals surface area contributed by atoms with Gasteiger partial charge in [0.2, 0.25) is 0 Å². The first-order chi connectivity index (χ1) is 12.6. The highest BCUT2D eigenvalue weighted by Gasteiger charge is 2.11. The molecule has 1 aromatic heterocycles. The molecule has 2 rings (SSSR count). The number of amides is 1. The summed E-state index contributed by atoms with van der Waals surface area (Å²) in [5, 5.41) is 11.7. The second-order valence-corrected chi connectivity index (χ2v) is 5.08. The van der Waals surface area contributed by atoms with Gasteiger partial charge in [-0.05, 0) is 35.9 Å². The van der Waals surface area contributed by atoms with E-state index in [-0.39, 0.29) is 24.6 Å². The maximum absolute atomic E-state index is 12.0. The summed E-state index contributed by atoms with van der Waals surface area (Å²) in [5.41, 5.74) is 0.953. The molecule has 0 saturated heterocycles. The van der Waals surface area contributed by atoms with Crippen LogP contribution in [0, 0.1) is 11.3 Å². The highest BCUT2D eigenvalue weighted by atomic mass is 16.5. The van der Waals surface area contributed by atoms with E-state index in [0.29, 0.717) is 16.9 Å². The maximum Gasteiger partial charge on any atom is 0.348 e. The number of pyridine rings is 1. The monoisotopic (exact) mass is 351 g/mol. The normalized spacial score (nSPS) is 10.5. The van der Waals surface area contributed by atoms with Crippen LogP contribution in [0.2, 0.25) is 0 Å². The number of aromatic nitrogens is 1. The molecular formula is C19H17N3O4.